The van der Waals surface area contributed by atoms with Gasteiger partial charge in [-0.05, 0) is 68.4 Å². The fourth-order valence-corrected chi connectivity index (χ4v) is 4.92. The van der Waals surface area contributed by atoms with E-state index in [1.807, 2.05) is 12.1 Å². The highest BCUT2D eigenvalue weighted by atomic mass is 32.2. The van der Waals surface area contributed by atoms with Gasteiger partial charge in [-0.25, -0.2) is 8.42 Å². The lowest BCUT2D eigenvalue weighted by atomic mass is 9.97. The summed E-state index contributed by atoms with van der Waals surface area (Å²) in [7, 11) is -3.14. The van der Waals surface area contributed by atoms with Crippen LogP contribution < -0.4 is 5.32 Å². The maximum Gasteiger partial charge on any atom is 0.175 e. The number of nitrogens with one attached hydrogen (secondary N) is 1. The molecule has 0 spiro atoms. The second-order valence-corrected chi connectivity index (χ2v) is 10.5. The van der Waals surface area contributed by atoms with Crippen molar-refractivity contribution in [2.45, 2.75) is 50.0 Å². The monoisotopic (exact) mass is 435 g/mol. The molecule has 0 unspecified atom stereocenters. The third-order valence-electron chi connectivity index (χ3n) is 5.74. The summed E-state index contributed by atoms with van der Waals surface area (Å²) in [6.45, 7) is 5.67. The van der Waals surface area contributed by atoms with E-state index in [-0.39, 0.29) is 0 Å². The first-order valence-corrected chi connectivity index (χ1v) is 12.9. The molecular formula is C22H33N3O2S2. The molecule has 3 rings (SSSR count). The van der Waals surface area contributed by atoms with E-state index in [2.05, 4.69) is 21.2 Å². The van der Waals surface area contributed by atoms with Crippen LogP contribution in [-0.2, 0) is 16.4 Å². The lowest BCUT2D eigenvalue weighted by Crippen LogP contribution is -2.42. The van der Waals surface area contributed by atoms with Gasteiger partial charge in [-0.1, -0.05) is 23.8 Å². The topological polar surface area (TPSA) is 52.7 Å². The number of hydrogen-bond donors (Lipinski definition) is 1. The normalized spacial score (nSPS) is 18.8. The van der Waals surface area contributed by atoms with E-state index in [1.165, 1.54) is 31.9 Å². The number of sulfone groups is 1. The van der Waals surface area contributed by atoms with Crippen molar-refractivity contribution < 1.29 is 8.42 Å². The van der Waals surface area contributed by atoms with Gasteiger partial charge in [0.2, 0.25) is 0 Å². The fraction of sp³-hybridized carbons (Fsp3) is 0.591. The Hall–Kier alpha value is -1.44. The molecule has 29 heavy (non-hydrogen) atoms. The molecule has 1 aliphatic carbocycles. The number of rotatable bonds is 6. The second kappa shape index (κ2) is 10.5. The summed E-state index contributed by atoms with van der Waals surface area (Å²) in [5.74, 6) is 0. The van der Waals surface area contributed by atoms with Gasteiger partial charge in [-0.3, -0.25) is 4.90 Å². The van der Waals surface area contributed by atoms with Crippen LogP contribution >= 0.6 is 12.2 Å². The Morgan fingerprint density at radius 2 is 1.86 bits per heavy atom. The van der Waals surface area contributed by atoms with Crippen LogP contribution in [0.5, 0.6) is 0 Å². The molecular weight excluding hydrogens is 402 g/mol. The van der Waals surface area contributed by atoms with Crippen LogP contribution in [0.4, 0.5) is 0 Å². The third-order valence-corrected chi connectivity index (χ3v) is 7.27. The van der Waals surface area contributed by atoms with Crippen molar-refractivity contribution in [3.05, 3.63) is 41.5 Å². The fourth-order valence-electron chi connectivity index (χ4n) is 4.01. The summed E-state index contributed by atoms with van der Waals surface area (Å²) in [5.41, 5.74) is 2.72. The summed E-state index contributed by atoms with van der Waals surface area (Å²) < 4.78 is 23.2. The summed E-state index contributed by atoms with van der Waals surface area (Å²) >= 11 is 5.64. The predicted octanol–water partition coefficient (Wildman–Crippen LogP) is 3.36. The number of benzene rings is 1. The molecule has 1 aromatic rings. The molecule has 1 N–H and O–H groups in total. The second-order valence-electron chi connectivity index (χ2n) is 8.12. The molecule has 7 heteroatoms. The molecule has 0 saturated carbocycles. The van der Waals surface area contributed by atoms with Crippen molar-refractivity contribution in [3.8, 4) is 0 Å². The van der Waals surface area contributed by atoms with Gasteiger partial charge in [0.1, 0.15) is 0 Å². The van der Waals surface area contributed by atoms with Gasteiger partial charge >= 0.3 is 0 Å². The quantitative estimate of drug-likeness (QED) is 0.546. The lowest BCUT2D eigenvalue weighted by Gasteiger charge is -2.25. The average Bonchev–Trinajstić information content (AvgIpc) is 2.94. The molecule has 1 fully saturated rings. The Labute approximate surface area is 181 Å². The molecule has 0 radical (unpaired) electrons. The van der Waals surface area contributed by atoms with E-state index in [9.17, 15) is 8.42 Å². The molecule has 0 atom stereocenters. The molecule has 5 nitrogen and oxygen atoms in total. The van der Waals surface area contributed by atoms with E-state index >= 15 is 0 Å². The summed E-state index contributed by atoms with van der Waals surface area (Å²) in [5, 5.41) is 4.33. The maximum atomic E-state index is 11.6. The highest BCUT2D eigenvalue weighted by Crippen LogP contribution is 2.19. The van der Waals surface area contributed by atoms with E-state index in [0.717, 1.165) is 62.8 Å². The van der Waals surface area contributed by atoms with E-state index in [4.69, 9.17) is 12.2 Å². The van der Waals surface area contributed by atoms with Gasteiger partial charge in [-0.2, -0.15) is 0 Å². The van der Waals surface area contributed by atoms with Crippen LogP contribution in [-0.4, -0.2) is 62.3 Å². The van der Waals surface area contributed by atoms with E-state index < -0.39 is 9.84 Å². The highest BCUT2D eigenvalue weighted by molar-refractivity contribution is 7.90. The molecule has 0 aromatic heterocycles. The molecule has 160 valence electrons. The molecule has 1 heterocycles. The Bertz CT molecular complexity index is 819. The van der Waals surface area contributed by atoms with Gasteiger partial charge < -0.3 is 10.2 Å². The Balaban J connectivity index is 1.43. The number of allylic oxidation sites excluding steroid dienone is 1. The van der Waals surface area contributed by atoms with Crippen molar-refractivity contribution in [2.75, 3.05) is 39.0 Å². The summed E-state index contributed by atoms with van der Waals surface area (Å²) in [6, 6.07) is 7.25. The van der Waals surface area contributed by atoms with Crippen LogP contribution in [0, 0.1) is 0 Å². The lowest BCUT2D eigenvalue weighted by molar-refractivity contribution is 0.277. The number of hydrogen-bond acceptors (Lipinski definition) is 4. The minimum atomic E-state index is -3.14. The minimum absolute atomic E-state index is 0.378. The van der Waals surface area contributed by atoms with Crippen LogP contribution in [0.1, 0.15) is 44.1 Å². The summed E-state index contributed by atoms with van der Waals surface area (Å²) in [4.78, 5) is 5.09. The van der Waals surface area contributed by atoms with E-state index in [0.29, 0.717) is 4.90 Å². The molecule has 0 amide bonds. The summed E-state index contributed by atoms with van der Waals surface area (Å²) in [6.07, 6.45) is 11.0. The van der Waals surface area contributed by atoms with Crippen molar-refractivity contribution >= 4 is 27.2 Å². The largest absolute Gasteiger partial charge is 0.362 e. The van der Waals surface area contributed by atoms with Gasteiger partial charge in [0.25, 0.3) is 0 Å². The molecule has 1 aliphatic heterocycles. The van der Waals surface area contributed by atoms with E-state index in [1.54, 1.807) is 17.7 Å². The van der Waals surface area contributed by atoms with Crippen molar-refractivity contribution in [1.29, 1.82) is 0 Å². The van der Waals surface area contributed by atoms with Crippen molar-refractivity contribution in [2.24, 2.45) is 0 Å². The predicted molar refractivity (Wildman–Crippen MR) is 123 cm³/mol. The number of nitrogens with zero attached hydrogens (tertiary/aromatic N) is 2. The van der Waals surface area contributed by atoms with Crippen LogP contribution in [0.2, 0.25) is 0 Å². The first kappa shape index (κ1) is 22.2. The SMILES string of the molecule is CS(=O)(=O)c1ccc(CN2CCCN(C(=S)NCCC3=CCCCC3)CC2)cc1. The van der Waals surface area contributed by atoms with Gasteiger partial charge in [0.05, 0.1) is 4.90 Å². The van der Waals surface area contributed by atoms with Crippen LogP contribution in [0.3, 0.4) is 0 Å². The van der Waals surface area contributed by atoms with Crippen LogP contribution in [0.25, 0.3) is 0 Å². The minimum Gasteiger partial charge on any atom is -0.362 e. The third kappa shape index (κ3) is 7.08. The smallest absolute Gasteiger partial charge is 0.175 e. The maximum absolute atomic E-state index is 11.6. The first-order chi connectivity index (χ1) is 13.9. The zero-order chi connectivity index (χ0) is 20.7. The molecule has 0 bridgehead atoms. The first-order valence-electron chi connectivity index (χ1n) is 10.6. The average molecular weight is 436 g/mol. The Morgan fingerprint density at radius 1 is 1.07 bits per heavy atom. The standard InChI is InChI=1S/C22H33N3O2S2/c1-29(26,27)21-10-8-20(9-11-21)18-24-14-5-15-25(17-16-24)22(28)23-13-12-19-6-3-2-4-7-19/h6,8-11H,2-5,7,12-18H2,1H3,(H,23,28). The van der Waals surface area contributed by atoms with Crippen molar-refractivity contribution in [3.63, 3.8) is 0 Å². The van der Waals surface area contributed by atoms with Crippen molar-refractivity contribution in [1.82, 2.24) is 15.1 Å². The Morgan fingerprint density at radius 3 is 2.55 bits per heavy atom. The zero-order valence-corrected chi connectivity index (χ0v) is 19.0. The van der Waals surface area contributed by atoms with Gasteiger partial charge in [-0.15, -0.1) is 0 Å². The highest BCUT2D eigenvalue weighted by Gasteiger charge is 2.17. The van der Waals surface area contributed by atoms with Gasteiger partial charge in [0.15, 0.2) is 14.9 Å². The van der Waals surface area contributed by atoms with Gasteiger partial charge in [0, 0.05) is 45.5 Å². The number of thiocarbonyl (C=S) groups is 1. The Kier molecular flexibility index (Phi) is 8.09. The van der Waals surface area contributed by atoms with Crippen LogP contribution in [0.15, 0.2) is 40.8 Å². The molecule has 1 saturated heterocycles. The zero-order valence-electron chi connectivity index (χ0n) is 17.4. The molecule has 1 aromatic carbocycles. The molecule has 2 aliphatic rings.